The molecule has 0 unspecified atom stereocenters. The normalized spacial score (nSPS) is 15.6. The van der Waals surface area contributed by atoms with Gasteiger partial charge in [0.15, 0.2) is 5.78 Å². The van der Waals surface area contributed by atoms with Gasteiger partial charge in [-0.3, -0.25) is 9.59 Å². The largest absolute Gasteiger partial charge is 0.333 e. The molecule has 0 fully saturated rings. The highest BCUT2D eigenvalue weighted by Gasteiger charge is 2.32. The van der Waals surface area contributed by atoms with Crippen LogP contribution in [0.25, 0.3) is 22.8 Å². The van der Waals surface area contributed by atoms with E-state index in [1.807, 2.05) is 38.1 Å². The smallest absolute Gasteiger partial charge is 0.263 e. The van der Waals surface area contributed by atoms with E-state index in [4.69, 9.17) is 10.3 Å². The van der Waals surface area contributed by atoms with Gasteiger partial charge >= 0.3 is 0 Å². The van der Waals surface area contributed by atoms with Crippen LogP contribution in [0.15, 0.2) is 39.6 Å². The number of pyridine rings is 1. The lowest BCUT2D eigenvalue weighted by atomic mass is 9.75. The molecule has 3 aromatic rings. The molecule has 1 aliphatic carbocycles. The fourth-order valence-electron chi connectivity index (χ4n) is 3.43. The molecule has 0 aliphatic heterocycles. The maximum atomic E-state index is 12.5. The number of carbonyl (C=O) groups is 1. The summed E-state index contributed by atoms with van der Waals surface area (Å²) in [4.78, 5) is 32.2. The van der Waals surface area contributed by atoms with Crippen LogP contribution >= 0.6 is 0 Å². The molecule has 0 atom stereocenters. The predicted molar refractivity (Wildman–Crippen MR) is 100 cm³/mol. The van der Waals surface area contributed by atoms with Crippen molar-refractivity contribution < 1.29 is 9.32 Å². The third kappa shape index (κ3) is 3.21. The van der Waals surface area contributed by atoms with Gasteiger partial charge in [0.05, 0.1) is 0 Å². The van der Waals surface area contributed by atoms with Gasteiger partial charge in [-0.15, -0.1) is 0 Å². The van der Waals surface area contributed by atoms with Crippen LogP contribution in [-0.4, -0.2) is 20.9 Å². The number of hydrogen-bond donors (Lipinski definition) is 2. The van der Waals surface area contributed by atoms with E-state index < -0.39 is 0 Å². The molecule has 0 bridgehead atoms. The average Bonchev–Trinajstić information content (AvgIpc) is 3.10. The summed E-state index contributed by atoms with van der Waals surface area (Å²) < 4.78 is 5.29. The van der Waals surface area contributed by atoms with Gasteiger partial charge in [0.2, 0.25) is 5.82 Å². The number of benzene rings is 1. The quantitative estimate of drug-likeness (QED) is 0.738. The van der Waals surface area contributed by atoms with Crippen molar-refractivity contribution in [2.45, 2.75) is 33.2 Å². The Hall–Kier alpha value is -3.06. The Morgan fingerprint density at radius 3 is 2.59 bits per heavy atom. The molecule has 4 rings (SSSR count). The SMILES string of the molecule is CC1(C)CC(=O)c2cc(-c3nc(-c4ccc(CN)cc4)no3)c(=O)[nH]c2C1. The first kappa shape index (κ1) is 17.4. The number of ketones is 1. The highest BCUT2D eigenvalue weighted by Crippen LogP contribution is 2.34. The highest BCUT2D eigenvalue weighted by molar-refractivity contribution is 5.99. The second-order valence-corrected chi connectivity index (χ2v) is 7.67. The van der Waals surface area contributed by atoms with E-state index in [1.165, 1.54) is 0 Å². The predicted octanol–water partition coefficient (Wildman–Crippen LogP) is 2.71. The summed E-state index contributed by atoms with van der Waals surface area (Å²) in [7, 11) is 0. The summed E-state index contributed by atoms with van der Waals surface area (Å²) in [5.41, 5.74) is 8.25. The summed E-state index contributed by atoms with van der Waals surface area (Å²) in [6.07, 6.45) is 1.08. The number of hydrogen-bond acceptors (Lipinski definition) is 6. The summed E-state index contributed by atoms with van der Waals surface area (Å²) in [6.45, 7) is 4.48. The van der Waals surface area contributed by atoms with Gasteiger partial charge in [0, 0.05) is 29.8 Å². The maximum Gasteiger partial charge on any atom is 0.263 e. The summed E-state index contributed by atoms with van der Waals surface area (Å²) in [5, 5.41) is 3.96. The van der Waals surface area contributed by atoms with Crippen LogP contribution in [0.5, 0.6) is 0 Å². The molecule has 0 saturated carbocycles. The van der Waals surface area contributed by atoms with Crippen LogP contribution in [0.3, 0.4) is 0 Å². The molecule has 138 valence electrons. The molecule has 1 aliphatic rings. The maximum absolute atomic E-state index is 12.5. The van der Waals surface area contributed by atoms with E-state index in [0.717, 1.165) is 11.1 Å². The Balaban J connectivity index is 1.72. The van der Waals surface area contributed by atoms with Crippen molar-refractivity contribution in [2.75, 3.05) is 0 Å². The second kappa shape index (κ2) is 6.28. The van der Waals surface area contributed by atoms with Crippen molar-refractivity contribution in [1.82, 2.24) is 15.1 Å². The molecule has 7 heteroatoms. The van der Waals surface area contributed by atoms with Crippen LogP contribution in [0.1, 0.15) is 41.9 Å². The number of fused-ring (bicyclic) bond motifs is 1. The van der Waals surface area contributed by atoms with Gasteiger partial charge in [0.25, 0.3) is 11.4 Å². The number of aromatic nitrogens is 3. The van der Waals surface area contributed by atoms with Crippen molar-refractivity contribution in [3.63, 3.8) is 0 Å². The number of aromatic amines is 1. The standard InChI is InChI=1S/C20H20N4O3/c1-20(2)8-15-13(16(25)9-20)7-14(18(26)22-15)19-23-17(24-27-19)12-5-3-11(10-21)4-6-12/h3-7H,8-10,21H2,1-2H3,(H,22,26). The zero-order chi connectivity index (χ0) is 19.2. The third-order valence-corrected chi connectivity index (χ3v) is 4.82. The van der Waals surface area contributed by atoms with E-state index in [9.17, 15) is 9.59 Å². The van der Waals surface area contributed by atoms with Crippen LogP contribution in [0.4, 0.5) is 0 Å². The highest BCUT2D eigenvalue weighted by atomic mass is 16.5. The van der Waals surface area contributed by atoms with Crippen LogP contribution in [0.2, 0.25) is 0 Å². The first-order valence-corrected chi connectivity index (χ1v) is 8.79. The third-order valence-electron chi connectivity index (χ3n) is 4.82. The van der Waals surface area contributed by atoms with Gasteiger partial charge in [0.1, 0.15) is 5.56 Å². The van der Waals surface area contributed by atoms with Crippen molar-refractivity contribution in [2.24, 2.45) is 11.1 Å². The average molecular weight is 364 g/mol. The van der Waals surface area contributed by atoms with E-state index in [1.54, 1.807) is 6.07 Å². The molecular formula is C20H20N4O3. The minimum atomic E-state index is -0.340. The lowest BCUT2D eigenvalue weighted by Crippen LogP contribution is -2.30. The van der Waals surface area contributed by atoms with Crippen molar-refractivity contribution in [1.29, 1.82) is 0 Å². The minimum absolute atomic E-state index is 0.0101. The number of nitrogens with zero attached hydrogens (tertiary/aromatic N) is 2. The Morgan fingerprint density at radius 1 is 1.15 bits per heavy atom. The van der Waals surface area contributed by atoms with Gasteiger partial charge in [-0.2, -0.15) is 4.98 Å². The number of nitrogens with one attached hydrogen (secondary N) is 1. The molecule has 0 saturated heterocycles. The number of carbonyl (C=O) groups excluding carboxylic acids is 1. The molecule has 2 aromatic heterocycles. The minimum Gasteiger partial charge on any atom is -0.333 e. The molecule has 2 heterocycles. The lowest BCUT2D eigenvalue weighted by molar-refractivity contribution is 0.0910. The first-order valence-electron chi connectivity index (χ1n) is 8.79. The fourth-order valence-corrected chi connectivity index (χ4v) is 3.43. The lowest BCUT2D eigenvalue weighted by Gasteiger charge is -2.29. The van der Waals surface area contributed by atoms with Gasteiger partial charge < -0.3 is 15.2 Å². The van der Waals surface area contributed by atoms with E-state index >= 15 is 0 Å². The van der Waals surface area contributed by atoms with E-state index in [-0.39, 0.29) is 28.2 Å². The summed E-state index contributed by atoms with van der Waals surface area (Å²) >= 11 is 0. The van der Waals surface area contributed by atoms with Crippen LogP contribution in [0, 0.1) is 5.41 Å². The van der Waals surface area contributed by atoms with Crippen molar-refractivity contribution in [3.05, 3.63) is 57.5 Å². The fraction of sp³-hybridized carbons (Fsp3) is 0.300. The number of nitrogens with two attached hydrogens (primary N) is 1. The van der Waals surface area contributed by atoms with Crippen molar-refractivity contribution in [3.8, 4) is 22.8 Å². The van der Waals surface area contributed by atoms with Crippen molar-refractivity contribution >= 4 is 5.78 Å². The first-order chi connectivity index (χ1) is 12.9. The summed E-state index contributed by atoms with van der Waals surface area (Å²) in [5.74, 6) is 0.476. The van der Waals surface area contributed by atoms with Gasteiger partial charge in [-0.05, 0) is 23.5 Å². The molecule has 27 heavy (non-hydrogen) atoms. The molecule has 1 aromatic carbocycles. The Morgan fingerprint density at radius 2 is 1.89 bits per heavy atom. The number of rotatable bonds is 3. The Bertz CT molecular complexity index is 1080. The van der Waals surface area contributed by atoms with Crippen LogP contribution in [-0.2, 0) is 13.0 Å². The zero-order valence-corrected chi connectivity index (χ0v) is 15.2. The topological polar surface area (TPSA) is 115 Å². The molecule has 7 nitrogen and oxygen atoms in total. The zero-order valence-electron chi connectivity index (χ0n) is 15.2. The van der Waals surface area contributed by atoms with Gasteiger partial charge in [-0.1, -0.05) is 43.3 Å². The summed E-state index contributed by atoms with van der Waals surface area (Å²) in [6, 6.07) is 9.04. The monoisotopic (exact) mass is 364 g/mol. The number of Topliss-reactive ketones (excluding diaryl/α,β-unsaturated/α-hetero) is 1. The Labute approximate surface area is 155 Å². The number of H-pyrrole nitrogens is 1. The molecule has 3 N–H and O–H groups in total. The van der Waals surface area contributed by atoms with Gasteiger partial charge in [-0.25, -0.2) is 0 Å². The second-order valence-electron chi connectivity index (χ2n) is 7.67. The molecule has 0 amide bonds. The van der Waals surface area contributed by atoms with Crippen LogP contribution < -0.4 is 11.3 Å². The Kier molecular flexibility index (Phi) is 4.04. The van der Waals surface area contributed by atoms with E-state index in [2.05, 4.69) is 15.1 Å². The molecule has 0 spiro atoms. The molecule has 0 radical (unpaired) electrons. The molecular weight excluding hydrogens is 344 g/mol. The van der Waals surface area contributed by atoms with E-state index in [0.29, 0.717) is 36.5 Å².